The molecule has 1 N–H and O–H groups in total. The maximum absolute atomic E-state index is 10.9. The van der Waals surface area contributed by atoms with Crippen LogP contribution in [0.4, 0.5) is 0 Å². The first-order valence-electron chi connectivity index (χ1n) is 6.24. The summed E-state index contributed by atoms with van der Waals surface area (Å²) >= 11 is 0. The Morgan fingerprint density at radius 2 is 2.17 bits per heavy atom. The van der Waals surface area contributed by atoms with Crippen molar-refractivity contribution in [3.8, 4) is 0 Å². The van der Waals surface area contributed by atoms with Gasteiger partial charge in [-0.15, -0.1) is 0 Å². The molecule has 2 rings (SSSR count). The smallest absolute Gasteiger partial charge is 0.335 e. The van der Waals surface area contributed by atoms with Gasteiger partial charge in [-0.3, -0.25) is 0 Å². The molecule has 0 aliphatic heterocycles. The predicted molar refractivity (Wildman–Crippen MR) is 70.9 cm³/mol. The Morgan fingerprint density at radius 3 is 2.78 bits per heavy atom. The zero-order chi connectivity index (χ0) is 13.3. The molecule has 0 amide bonds. The summed E-state index contributed by atoms with van der Waals surface area (Å²) in [4.78, 5) is 15.2. The summed E-state index contributed by atoms with van der Waals surface area (Å²) in [5, 5.41) is 8.95. The van der Waals surface area contributed by atoms with Crippen LogP contribution in [0.15, 0.2) is 24.5 Å². The fourth-order valence-electron chi connectivity index (χ4n) is 2.10. The number of imidazole rings is 1. The number of carboxylic acid groups (broad SMARTS) is 1. The number of hydrogen-bond donors (Lipinski definition) is 1. The van der Waals surface area contributed by atoms with Crippen LogP contribution in [0.25, 0.3) is 11.0 Å². The molecule has 0 radical (unpaired) electrons. The van der Waals surface area contributed by atoms with Crippen LogP contribution in [0.5, 0.6) is 0 Å². The highest BCUT2D eigenvalue weighted by molar-refractivity contribution is 5.92. The molecule has 1 heterocycles. The van der Waals surface area contributed by atoms with E-state index in [4.69, 9.17) is 5.11 Å². The summed E-state index contributed by atoms with van der Waals surface area (Å²) in [6, 6.07) is 5.45. The summed E-state index contributed by atoms with van der Waals surface area (Å²) < 4.78 is 2.12. The Bertz CT molecular complexity index is 574. The summed E-state index contributed by atoms with van der Waals surface area (Å²) in [6.45, 7) is 6.55. The molecular formula is C14H18N2O2. The zero-order valence-corrected chi connectivity index (χ0v) is 10.9. The third kappa shape index (κ3) is 2.10. The number of aromatic nitrogens is 2. The molecule has 2 unspecified atom stereocenters. The van der Waals surface area contributed by atoms with E-state index in [2.05, 4.69) is 30.3 Å². The van der Waals surface area contributed by atoms with E-state index >= 15 is 0 Å². The van der Waals surface area contributed by atoms with Gasteiger partial charge in [0, 0.05) is 6.04 Å². The standard InChI is InChI=1S/C14H18N2O2/c1-4-9(2)10(3)16-8-15-12-7-11(14(17)18)5-6-13(12)16/h5-10H,4H2,1-3H3,(H,17,18). The number of aromatic carboxylic acids is 1. The van der Waals surface area contributed by atoms with E-state index in [9.17, 15) is 4.79 Å². The van der Waals surface area contributed by atoms with Gasteiger partial charge in [0.1, 0.15) is 0 Å². The molecule has 96 valence electrons. The molecule has 18 heavy (non-hydrogen) atoms. The molecule has 0 spiro atoms. The van der Waals surface area contributed by atoms with Crippen LogP contribution in [0, 0.1) is 5.92 Å². The van der Waals surface area contributed by atoms with Crippen molar-refractivity contribution in [2.24, 2.45) is 5.92 Å². The number of fused-ring (bicyclic) bond motifs is 1. The topological polar surface area (TPSA) is 55.1 Å². The average Bonchev–Trinajstić information content (AvgIpc) is 2.79. The molecule has 2 aromatic rings. The largest absolute Gasteiger partial charge is 0.478 e. The maximum atomic E-state index is 10.9. The lowest BCUT2D eigenvalue weighted by Crippen LogP contribution is -2.12. The van der Waals surface area contributed by atoms with E-state index in [1.165, 1.54) is 0 Å². The Labute approximate surface area is 106 Å². The van der Waals surface area contributed by atoms with Gasteiger partial charge in [-0.05, 0) is 31.0 Å². The van der Waals surface area contributed by atoms with Crippen LogP contribution < -0.4 is 0 Å². The minimum atomic E-state index is -0.915. The number of nitrogens with zero attached hydrogens (tertiary/aromatic N) is 2. The molecule has 1 aromatic carbocycles. The Morgan fingerprint density at radius 1 is 1.44 bits per heavy atom. The number of benzene rings is 1. The van der Waals surface area contributed by atoms with Gasteiger partial charge >= 0.3 is 5.97 Å². The second kappa shape index (κ2) is 4.80. The first-order valence-corrected chi connectivity index (χ1v) is 6.24. The van der Waals surface area contributed by atoms with Crippen LogP contribution >= 0.6 is 0 Å². The monoisotopic (exact) mass is 246 g/mol. The lowest BCUT2D eigenvalue weighted by Gasteiger charge is -2.20. The minimum Gasteiger partial charge on any atom is -0.478 e. The summed E-state index contributed by atoms with van der Waals surface area (Å²) in [7, 11) is 0. The van der Waals surface area contributed by atoms with Crippen molar-refractivity contribution in [1.29, 1.82) is 0 Å². The summed E-state index contributed by atoms with van der Waals surface area (Å²) in [5.41, 5.74) is 2.02. The second-order valence-electron chi connectivity index (χ2n) is 4.79. The third-order valence-corrected chi connectivity index (χ3v) is 3.73. The van der Waals surface area contributed by atoms with Gasteiger partial charge < -0.3 is 9.67 Å². The quantitative estimate of drug-likeness (QED) is 0.900. The third-order valence-electron chi connectivity index (χ3n) is 3.73. The van der Waals surface area contributed by atoms with Gasteiger partial charge in [0.15, 0.2) is 0 Å². The molecule has 4 heteroatoms. The normalized spacial score (nSPS) is 14.6. The highest BCUT2D eigenvalue weighted by Crippen LogP contribution is 2.25. The van der Waals surface area contributed by atoms with Gasteiger partial charge in [-0.25, -0.2) is 9.78 Å². The molecule has 2 atom stereocenters. The fourth-order valence-corrected chi connectivity index (χ4v) is 2.10. The fraction of sp³-hybridized carbons (Fsp3) is 0.429. The molecule has 0 saturated heterocycles. The maximum Gasteiger partial charge on any atom is 0.335 e. The first-order chi connectivity index (χ1) is 8.54. The Kier molecular flexibility index (Phi) is 3.36. The Balaban J connectivity index is 2.46. The van der Waals surface area contributed by atoms with Gasteiger partial charge in [-0.2, -0.15) is 0 Å². The van der Waals surface area contributed by atoms with Gasteiger partial charge in [-0.1, -0.05) is 20.3 Å². The molecule has 0 aliphatic carbocycles. The first kappa shape index (κ1) is 12.6. The van der Waals surface area contributed by atoms with E-state index in [1.54, 1.807) is 18.5 Å². The van der Waals surface area contributed by atoms with E-state index < -0.39 is 5.97 Å². The molecule has 0 bridgehead atoms. The highest BCUT2D eigenvalue weighted by atomic mass is 16.4. The second-order valence-corrected chi connectivity index (χ2v) is 4.79. The van der Waals surface area contributed by atoms with Crippen molar-refractivity contribution in [2.75, 3.05) is 0 Å². The van der Waals surface area contributed by atoms with Crippen LogP contribution in [0.1, 0.15) is 43.6 Å². The molecule has 0 aliphatic rings. The van der Waals surface area contributed by atoms with Gasteiger partial charge in [0.25, 0.3) is 0 Å². The lowest BCUT2D eigenvalue weighted by atomic mass is 10.0. The van der Waals surface area contributed by atoms with Crippen molar-refractivity contribution in [3.63, 3.8) is 0 Å². The Hall–Kier alpha value is -1.84. The average molecular weight is 246 g/mol. The van der Waals surface area contributed by atoms with Crippen molar-refractivity contribution in [2.45, 2.75) is 33.2 Å². The van der Waals surface area contributed by atoms with Crippen LogP contribution in [0.2, 0.25) is 0 Å². The lowest BCUT2D eigenvalue weighted by molar-refractivity contribution is 0.0697. The molecule has 0 saturated carbocycles. The van der Waals surface area contributed by atoms with Crippen molar-refractivity contribution < 1.29 is 9.90 Å². The highest BCUT2D eigenvalue weighted by Gasteiger charge is 2.15. The zero-order valence-electron chi connectivity index (χ0n) is 10.9. The van der Waals surface area contributed by atoms with Crippen LogP contribution in [-0.4, -0.2) is 20.6 Å². The molecule has 0 fully saturated rings. The van der Waals surface area contributed by atoms with E-state index in [1.807, 2.05) is 6.07 Å². The number of hydrogen-bond acceptors (Lipinski definition) is 2. The van der Waals surface area contributed by atoms with Crippen molar-refractivity contribution in [1.82, 2.24) is 9.55 Å². The number of rotatable bonds is 4. The SMILES string of the molecule is CCC(C)C(C)n1cnc2cc(C(=O)O)ccc21. The van der Waals surface area contributed by atoms with E-state index in [-0.39, 0.29) is 5.56 Å². The van der Waals surface area contributed by atoms with Gasteiger partial charge in [0.05, 0.1) is 22.9 Å². The van der Waals surface area contributed by atoms with E-state index in [0.717, 1.165) is 17.5 Å². The molecular weight excluding hydrogens is 228 g/mol. The number of carboxylic acids is 1. The van der Waals surface area contributed by atoms with Crippen molar-refractivity contribution in [3.05, 3.63) is 30.1 Å². The van der Waals surface area contributed by atoms with Crippen molar-refractivity contribution >= 4 is 17.0 Å². The van der Waals surface area contributed by atoms with Crippen LogP contribution in [-0.2, 0) is 0 Å². The number of carbonyl (C=O) groups is 1. The minimum absolute atomic E-state index is 0.281. The molecule has 1 aromatic heterocycles. The van der Waals surface area contributed by atoms with Gasteiger partial charge in [0.2, 0.25) is 0 Å². The molecule has 4 nitrogen and oxygen atoms in total. The summed E-state index contributed by atoms with van der Waals surface area (Å²) in [5.74, 6) is -0.358. The predicted octanol–water partition coefficient (Wildman–Crippen LogP) is 3.34. The van der Waals surface area contributed by atoms with Crippen LogP contribution in [0.3, 0.4) is 0 Å². The van der Waals surface area contributed by atoms with E-state index in [0.29, 0.717) is 12.0 Å². The summed E-state index contributed by atoms with van der Waals surface area (Å²) in [6.07, 6.45) is 2.90.